The largest absolute Gasteiger partial charge is 0.357 e. The summed E-state index contributed by atoms with van der Waals surface area (Å²) in [4.78, 5) is 25.7. The van der Waals surface area contributed by atoms with Crippen molar-refractivity contribution in [3.8, 4) is 0 Å². The molecular weight excluding hydrogens is 270 g/mol. The maximum absolute atomic E-state index is 12.3. The Labute approximate surface area is 124 Å². The fourth-order valence-corrected chi connectivity index (χ4v) is 2.63. The van der Waals surface area contributed by atoms with Crippen LogP contribution in [0, 0.1) is 0 Å². The third kappa shape index (κ3) is 2.91. The zero-order chi connectivity index (χ0) is 15.5. The summed E-state index contributed by atoms with van der Waals surface area (Å²) in [5.74, 6) is 0.609. The van der Waals surface area contributed by atoms with Gasteiger partial charge in [-0.15, -0.1) is 0 Å². The molecule has 114 valence electrons. The maximum atomic E-state index is 12.3. The molecule has 2 heterocycles. The van der Waals surface area contributed by atoms with E-state index in [-0.39, 0.29) is 11.8 Å². The molecule has 1 saturated heterocycles. The molecule has 0 aliphatic carbocycles. The van der Waals surface area contributed by atoms with Crippen LogP contribution in [-0.4, -0.2) is 52.2 Å². The molecule has 0 bridgehead atoms. The second-order valence-electron chi connectivity index (χ2n) is 5.16. The highest BCUT2D eigenvalue weighted by Crippen LogP contribution is 2.27. The summed E-state index contributed by atoms with van der Waals surface area (Å²) in [5, 5.41) is 10.1. The van der Waals surface area contributed by atoms with Crippen molar-refractivity contribution in [3.05, 3.63) is 24.9 Å². The number of nitrogens with one attached hydrogen (secondary N) is 2. The highest BCUT2D eigenvalue weighted by Gasteiger charge is 2.42. The first-order chi connectivity index (χ1) is 10.0. The van der Waals surface area contributed by atoms with Crippen molar-refractivity contribution in [2.24, 2.45) is 7.05 Å². The van der Waals surface area contributed by atoms with E-state index in [1.54, 1.807) is 22.8 Å². The van der Waals surface area contributed by atoms with Gasteiger partial charge in [-0.1, -0.05) is 6.58 Å². The van der Waals surface area contributed by atoms with Crippen LogP contribution in [-0.2, 0) is 16.6 Å². The first-order valence-corrected chi connectivity index (χ1v) is 6.92. The minimum atomic E-state index is -0.722. The fraction of sp³-hybridized carbons (Fsp3) is 0.500. The smallest absolute Gasteiger partial charge is 0.245 e. The molecule has 0 radical (unpaired) electrons. The first-order valence-electron chi connectivity index (χ1n) is 6.92. The van der Waals surface area contributed by atoms with Gasteiger partial charge in [-0.3, -0.25) is 14.3 Å². The van der Waals surface area contributed by atoms with Gasteiger partial charge in [-0.05, 0) is 18.9 Å². The average Bonchev–Trinajstić information content (AvgIpc) is 2.91. The van der Waals surface area contributed by atoms with E-state index in [4.69, 9.17) is 0 Å². The van der Waals surface area contributed by atoms with E-state index in [9.17, 15) is 9.59 Å². The summed E-state index contributed by atoms with van der Waals surface area (Å²) < 4.78 is 1.69. The zero-order valence-electron chi connectivity index (χ0n) is 12.4. The van der Waals surface area contributed by atoms with Gasteiger partial charge in [-0.2, -0.15) is 5.10 Å². The number of likely N-dealkylation sites (tertiary alicyclic amines) is 1. The standard InChI is InChI=1S/C14H21N5O2/c1-4-12(20)19-9-6-14(7-10-19,13(21)15-2)17-11-5-8-16-18(11)3/h4-5,8,17H,1,6-7,9-10H2,2-3H3,(H,15,21). The predicted octanol–water partition coefficient (Wildman–Crippen LogP) is 0.125. The Morgan fingerprint density at radius 3 is 2.57 bits per heavy atom. The average molecular weight is 291 g/mol. The van der Waals surface area contributed by atoms with Gasteiger partial charge < -0.3 is 15.5 Å². The Kier molecular flexibility index (Phi) is 4.30. The van der Waals surface area contributed by atoms with Crippen LogP contribution in [0.3, 0.4) is 0 Å². The summed E-state index contributed by atoms with van der Waals surface area (Å²) in [5.41, 5.74) is -0.722. The van der Waals surface area contributed by atoms with Crippen LogP contribution in [0.25, 0.3) is 0 Å². The van der Waals surface area contributed by atoms with Crippen LogP contribution in [0.4, 0.5) is 5.82 Å². The number of nitrogens with zero attached hydrogens (tertiary/aromatic N) is 3. The van der Waals surface area contributed by atoms with Crippen molar-refractivity contribution in [1.82, 2.24) is 20.0 Å². The van der Waals surface area contributed by atoms with Crippen molar-refractivity contribution >= 4 is 17.6 Å². The van der Waals surface area contributed by atoms with Crippen LogP contribution in [0.2, 0.25) is 0 Å². The van der Waals surface area contributed by atoms with Gasteiger partial charge >= 0.3 is 0 Å². The lowest BCUT2D eigenvalue weighted by Gasteiger charge is -2.41. The van der Waals surface area contributed by atoms with Crippen molar-refractivity contribution < 1.29 is 9.59 Å². The van der Waals surface area contributed by atoms with Crippen molar-refractivity contribution in [2.75, 3.05) is 25.5 Å². The molecule has 0 saturated carbocycles. The second kappa shape index (κ2) is 5.99. The van der Waals surface area contributed by atoms with Crippen molar-refractivity contribution in [3.63, 3.8) is 0 Å². The second-order valence-corrected chi connectivity index (χ2v) is 5.16. The first kappa shape index (κ1) is 15.1. The molecular formula is C14H21N5O2. The Morgan fingerprint density at radius 2 is 2.10 bits per heavy atom. The van der Waals surface area contributed by atoms with Gasteiger partial charge in [0.15, 0.2) is 0 Å². The lowest BCUT2D eigenvalue weighted by Crippen LogP contribution is -2.58. The summed E-state index contributed by atoms with van der Waals surface area (Å²) in [6.45, 7) is 4.53. The van der Waals surface area contributed by atoms with E-state index >= 15 is 0 Å². The van der Waals surface area contributed by atoms with Gasteiger partial charge in [0, 0.05) is 33.3 Å². The molecule has 7 nitrogen and oxygen atoms in total. The van der Waals surface area contributed by atoms with E-state index in [0.717, 1.165) is 5.82 Å². The van der Waals surface area contributed by atoms with Gasteiger partial charge in [0.2, 0.25) is 11.8 Å². The molecule has 21 heavy (non-hydrogen) atoms. The molecule has 2 amide bonds. The number of amides is 2. The predicted molar refractivity (Wildman–Crippen MR) is 79.6 cm³/mol. The van der Waals surface area contributed by atoms with Crippen molar-refractivity contribution in [2.45, 2.75) is 18.4 Å². The molecule has 1 aliphatic rings. The monoisotopic (exact) mass is 291 g/mol. The lowest BCUT2D eigenvalue weighted by molar-refractivity contribution is -0.132. The number of likely N-dealkylation sites (N-methyl/N-ethyl adjacent to an activating group) is 1. The molecule has 1 fully saturated rings. The van der Waals surface area contributed by atoms with Crippen LogP contribution >= 0.6 is 0 Å². The maximum Gasteiger partial charge on any atom is 0.245 e. The van der Waals surface area contributed by atoms with E-state index < -0.39 is 5.54 Å². The number of aryl methyl sites for hydroxylation is 1. The number of hydrogen-bond acceptors (Lipinski definition) is 4. The summed E-state index contributed by atoms with van der Waals surface area (Å²) >= 11 is 0. The molecule has 1 aromatic rings. The molecule has 0 unspecified atom stereocenters. The highest BCUT2D eigenvalue weighted by molar-refractivity contribution is 5.90. The Bertz CT molecular complexity index is 543. The van der Waals surface area contributed by atoms with E-state index in [1.165, 1.54) is 6.08 Å². The van der Waals surface area contributed by atoms with E-state index in [1.807, 2.05) is 13.1 Å². The summed E-state index contributed by atoms with van der Waals surface area (Å²) in [6.07, 6.45) is 4.06. The Morgan fingerprint density at radius 1 is 1.43 bits per heavy atom. The number of carbonyl (C=O) groups excluding carboxylic acids is 2. The number of piperidine rings is 1. The summed E-state index contributed by atoms with van der Waals surface area (Å²) in [6, 6.07) is 1.83. The highest BCUT2D eigenvalue weighted by atomic mass is 16.2. The molecule has 0 spiro atoms. The number of hydrogen-bond donors (Lipinski definition) is 2. The molecule has 7 heteroatoms. The third-order valence-electron chi connectivity index (χ3n) is 3.95. The molecule has 2 N–H and O–H groups in total. The Balaban J connectivity index is 2.17. The normalized spacial score (nSPS) is 17.1. The van der Waals surface area contributed by atoms with Crippen LogP contribution in [0.5, 0.6) is 0 Å². The lowest BCUT2D eigenvalue weighted by atomic mass is 9.86. The molecule has 1 aromatic heterocycles. The van der Waals surface area contributed by atoms with Crippen molar-refractivity contribution in [1.29, 1.82) is 0 Å². The quantitative estimate of drug-likeness (QED) is 0.773. The SMILES string of the molecule is C=CC(=O)N1CCC(Nc2ccnn2C)(C(=O)NC)CC1. The minimum Gasteiger partial charge on any atom is -0.357 e. The molecule has 2 rings (SSSR count). The topological polar surface area (TPSA) is 79.3 Å². The van der Waals surface area contributed by atoms with Gasteiger partial charge in [0.1, 0.15) is 11.4 Å². The van der Waals surface area contributed by atoms with E-state index in [2.05, 4.69) is 22.3 Å². The van der Waals surface area contributed by atoms with Crippen LogP contribution in [0.15, 0.2) is 24.9 Å². The fourth-order valence-electron chi connectivity index (χ4n) is 2.63. The summed E-state index contributed by atoms with van der Waals surface area (Å²) in [7, 11) is 3.44. The molecule has 1 aliphatic heterocycles. The number of anilines is 1. The zero-order valence-corrected chi connectivity index (χ0v) is 12.4. The number of aromatic nitrogens is 2. The van der Waals surface area contributed by atoms with Crippen LogP contribution in [0.1, 0.15) is 12.8 Å². The Hall–Kier alpha value is -2.31. The minimum absolute atomic E-state index is 0.0746. The number of carbonyl (C=O) groups is 2. The van der Waals surface area contributed by atoms with Crippen LogP contribution < -0.4 is 10.6 Å². The van der Waals surface area contributed by atoms with Gasteiger partial charge in [0.05, 0.1) is 6.20 Å². The van der Waals surface area contributed by atoms with Gasteiger partial charge in [-0.25, -0.2) is 0 Å². The third-order valence-corrected chi connectivity index (χ3v) is 3.95. The van der Waals surface area contributed by atoms with E-state index in [0.29, 0.717) is 25.9 Å². The molecule has 0 aromatic carbocycles. The number of rotatable bonds is 4. The molecule has 0 atom stereocenters. The van der Waals surface area contributed by atoms with Gasteiger partial charge in [0.25, 0.3) is 0 Å².